The molecule has 5 heteroatoms. The maximum absolute atomic E-state index is 10.00. The standard InChI is InChI=1S/C12H13ClN2O2/c1-15-6-10(7-15)17-12-3-2-9(4-11(12)13)5-14-8-16/h2-4,10H,5-7H2,1H3. The third kappa shape index (κ3) is 3.07. The van der Waals surface area contributed by atoms with Gasteiger partial charge in [0, 0.05) is 13.1 Å². The lowest BCUT2D eigenvalue weighted by atomic mass is 10.2. The topological polar surface area (TPSA) is 41.9 Å². The number of rotatable bonds is 4. The molecular formula is C12H13ClN2O2. The molecule has 1 aliphatic rings. The number of likely N-dealkylation sites (N-methyl/N-ethyl adjacent to an activating group) is 1. The Kier molecular flexibility index (Phi) is 3.79. The van der Waals surface area contributed by atoms with Gasteiger partial charge in [-0.3, -0.25) is 4.90 Å². The molecule has 2 rings (SSSR count). The summed E-state index contributed by atoms with van der Waals surface area (Å²) in [5.41, 5.74) is 0.872. The summed E-state index contributed by atoms with van der Waals surface area (Å²) < 4.78 is 5.73. The van der Waals surface area contributed by atoms with Gasteiger partial charge in [0.1, 0.15) is 11.9 Å². The van der Waals surface area contributed by atoms with E-state index < -0.39 is 0 Å². The lowest BCUT2D eigenvalue weighted by molar-refractivity contribution is 0.0389. The second-order valence-corrected chi connectivity index (χ2v) is 4.54. The highest BCUT2D eigenvalue weighted by atomic mass is 35.5. The molecule has 4 nitrogen and oxygen atoms in total. The summed E-state index contributed by atoms with van der Waals surface area (Å²) >= 11 is 6.09. The fourth-order valence-corrected chi connectivity index (χ4v) is 2.01. The minimum atomic E-state index is 0.219. The molecule has 17 heavy (non-hydrogen) atoms. The summed E-state index contributed by atoms with van der Waals surface area (Å²) in [5, 5.41) is 0.554. The van der Waals surface area contributed by atoms with Crippen molar-refractivity contribution in [2.75, 3.05) is 20.1 Å². The molecule has 0 unspecified atom stereocenters. The number of ether oxygens (including phenoxy) is 1. The van der Waals surface area contributed by atoms with E-state index in [2.05, 4.69) is 9.89 Å². The van der Waals surface area contributed by atoms with Gasteiger partial charge >= 0.3 is 0 Å². The van der Waals surface area contributed by atoms with E-state index in [1.165, 1.54) is 6.08 Å². The molecule has 0 radical (unpaired) electrons. The first kappa shape index (κ1) is 12.1. The number of benzene rings is 1. The maximum atomic E-state index is 10.00. The van der Waals surface area contributed by atoms with Crippen molar-refractivity contribution in [3.63, 3.8) is 0 Å². The Morgan fingerprint density at radius 1 is 1.59 bits per heavy atom. The van der Waals surface area contributed by atoms with Crippen molar-refractivity contribution >= 4 is 17.7 Å². The molecule has 0 bridgehead atoms. The predicted molar refractivity (Wildman–Crippen MR) is 65.2 cm³/mol. The third-order valence-corrected chi connectivity index (χ3v) is 2.94. The Labute approximate surface area is 105 Å². The van der Waals surface area contributed by atoms with Crippen LogP contribution in [0.25, 0.3) is 0 Å². The van der Waals surface area contributed by atoms with Crippen LogP contribution in [-0.4, -0.2) is 37.2 Å². The van der Waals surface area contributed by atoms with Crippen LogP contribution in [0.4, 0.5) is 0 Å². The molecule has 0 amide bonds. The maximum Gasteiger partial charge on any atom is 0.235 e. The highest BCUT2D eigenvalue weighted by Gasteiger charge is 2.25. The van der Waals surface area contributed by atoms with Crippen molar-refractivity contribution < 1.29 is 9.53 Å². The molecule has 1 aliphatic heterocycles. The third-order valence-electron chi connectivity index (χ3n) is 2.65. The molecule has 0 spiro atoms. The zero-order valence-electron chi connectivity index (χ0n) is 9.52. The molecular weight excluding hydrogens is 240 g/mol. The number of likely N-dealkylation sites (tertiary alicyclic amines) is 1. The Morgan fingerprint density at radius 3 is 2.94 bits per heavy atom. The fraction of sp³-hybridized carbons (Fsp3) is 0.417. The monoisotopic (exact) mass is 252 g/mol. The summed E-state index contributed by atoms with van der Waals surface area (Å²) in [7, 11) is 2.04. The van der Waals surface area contributed by atoms with Crippen molar-refractivity contribution in [2.24, 2.45) is 4.99 Å². The minimum absolute atomic E-state index is 0.219. The number of hydrogen-bond donors (Lipinski definition) is 0. The molecule has 0 aromatic heterocycles. The van der Waals surface area contributed by atoms with Gasteiger partial charge in [0.05, 0.1) is 11.6 Å². The first-order valence-corrected chi connectivity index (χ1v) is 5.74. The van der Waals surface area contributed by atoms with E-state index in [1.807, 2.05) is 19.2 Å². The van der Waals surface area contributed by atoms with Crippen molar-refractivity contribution in [1.29, 1.82) is 0 Å². The van der Waals surface area contributed by atoms with E-state index in [9.17, 15) is 4.79 Å². The molecule has 1 saturated heterocycles. The molecule has 0 atom stereocenters. The predicted octanol–water partition coefficient (Wildman–Crippen LogP) is 1.87. The van der Waals surface area contributed by atoms with Crippen LogP contribution in [0.1, 0.15) is 5.56 Å². The zero-order chi connectivity index (χ0) is 12.3. The number of halogens is 1. The number of aliphatic imine (C=N–C) groups is 1. The van der Waals surface area contributed by atoms with E-state index in [0.717, 1.165) is 18.7 Å². The van der Waals surface area contributed by atoms with Crippen LogP contribution in [-0.2, 0) is 11.3 Å². The van der Waals surface area contributed by atoms with Crippen LogP contribution in [0, 0.1) is 0 Å². The molecule has 0 aliphatic carbocycles. The number of nitrogens with zero attached hydrogens (tertiary/aromatic N) is 2. The van der Waals surface area contributed by atoms with Crippen molar-refractivity contribution in [3.05, 3.63) is 28.8 Å². The van der Waals surface area contributed by atoms with Crippen molar-refractivity contribution in [1.82, 2.24) is 4.90 Å². The van der Waals surface area contributed by atoms with Gasteiger partial charge in [0.2, 0.25) is 6.08 Å². The van der Waals surface area contributed by atoms with Crippen LogP contribution in [0.5, 0.6) is 5.75 Å². The summed E-state index contributed by atoms with van der Waals surface area (Å²) in [6.07, 6.45) is 1.72. The highest BCUT2D eigenvalue weighted by molar-refractivity contribution is 6.32. The lowest BCUT2D eigenvalue weighted by Gasteiger charge is -2.36. The first-order chi connectivity index (χ1) is 8.19. The van der Waals surface area contributed by atoms with Gasteiger partial charge < -0.3 is 4.74 Å². The minimum Gasteiger partial charge on any atom is -0.486 e. The van der Waals surface area contributed by atoms with Gasteiger partial charge in [-0.25, -0.2) is 9.79 Å². The first-order valence-electron chi connectivity index (χ1n) is 5.36. The average Bonchev–Trinajstić information content (AvgIpc) is 2.27. The van der Waals surface area contributed by atoms with Gasteiger partial charge in [-0.2, -0.15) is 0 Å². The number of isocyanates is 1. The zero-order valence-corrected chi connectivity index (χ0v) is 10.3. The van der Waals surface area contributed by atoms with Gasteiger partial charge in [0.25, 0.3) is 0 Å². The summed E-state index contributed by atoms with van der Waals surface area (Å²) in [5.74, 6) is 0.684. The van der Waals surface area contributed by atoms with Crippen LogP contribution in [0.2, 0.25) is 5.02 Å². The average molecular weight is 253 g/mol. The molecule has 1 aromatic carbocycles. The van der Waals surface area contributed by atoms with E-state index in [1.54, 1.807) is 6.07 Å². The largest absolute Gasteiger partial charge is 0.486 e. The van der Waals surface area contributed by atoms with E-state index in [-0.39, 0.29) is 6.10 Å². The molecule has 1 fully saturated rings. The molecule has 0 saturated carbocycles. The van der Waals surface area contributed by atoms with E-state index in [4.69, 9.17) is 16.3 Å². The fourth-order valence-electron chi connectivity index (χ4n) is 1.76. The van der Waals surface area contributed by atoms with Crippen LogP contribution >= 0.6 is 11.6 Å². The van der Waals surface area contributed by atoms with Gasteiger partial charge in [-0.15, -0.1) is 0 Å². The van der Waals surface area contributed by atoms with E-state index >= 15 is 0 Å². The summed E-state index contributed by atoms with van der Waals surface area (Å²) in [4.78, 5) is 15.7. The Hall–Kier alpha value is -1.35. The highest BCUT2D eigenvalue weighted by Crippen LogP contribution is 2.28. The van der Waals surface area contributed by atoms with Gasteiger partial charge in [-0.1, -0.05) is 17.7 Å². The van der Waals surface area contributed by atoms with Crippen LogP contribution in [0.3, 0.4) is 0 Å². The second-order valence-electron chi connectivity index (χ2n) is 4.13. The Balaban J connectivity index is 2.01. The lowest BCUT2D eigenvalue weighted by Crippen LogP contribution is -2.51. The smallest absolute Gasteiger partial charge is 0.235 e. The van der Waals surface area contributed by atoms with Crippen LogP contribution in [0.15, 0.2) is 23.2 Å². The summed E-state index contributed by atoms with van der Waals surface area (Å²) in [6.45, 7) is 2.15. The summed E-state index contributed by atoms with van der Waals surface area (Å²) in [6, 6.07) is 5.43. The molecule has 90 valence electrons. The number of carbonyl (C=O) groups excluding carboxylic acids is 1. The van der Waals surface area contributed by atoms with Crippen molar-refractivity contribution in [2.45, 2.75) is 12.6 Å². The normalized spacial score (nSPS) is 16.1. The molecule has 1 aromatic rings. The van der Waals surface area contributed by atoms with Crippen LogP contribution < -0.4 is 4.74 Å². The SMILES string of the molecule is CN1CC(Oc2ccc(CN=C=O)cc2Cl)C1. The van der Waals surface area contributed by atoms with Crippen molar-refractivity contribution in [3.8, 4) is 5.75 Å². The van der Waals surface area contributed by atoms with Gasteiger partial charge in [0.15, 0.2) is 0 Å². The Bertz CT molecular complexity index is 452. The molecule has 0 N–H and O–H groups in total. The quantitative estimate of drug-likeness (QED) is 0.607. The molecule has 1 heterocycles. The second kappa shape index (κ2) is 5.32. The van der Waals surface area contributed by atoms with E-state index in [0.29, 0.717) is 17.3 Å². The Morgan fingerprint density at radius 2 is 2.35 bits per heavy atom. The number of hydrogen-bond acceptors (Lipinski definition) is 4. The van der Waals surface area contributed by atoms with Gasteiger partial charge in [-0.05, 0) is 24.7 Å².